The number of anilines is 5. The second-order valence-electron chi connectivity index (χ2n) is 14.6. The summed E-state index contributed by atoms with van der Waals surface area (Å²) in [7, 11) is 0. The van der Waals surface area contributed by atoms with E-state index in [1.807, 2.05) is 0 Å². The van der Waals surface area contributed by atoms with Gasteiger partial charge in [-0.25, -0.2) is 0 Å². The molecule has 0 radical (unpaired) electrons. The van der Waals surface area contributed by atoms with Crippen molar-refractivity contribution in [3.63, 3.8) is 0 Å². The number of benzene rings is 9. The molecule has 0 bridgehead atoms. The molecule has 0 N–H and O–H groups in total. The summed E-state index contributed by atoms with van der Waals surface area (Å²) in [5, 5.41) is 5.03. The summed E-state index contributed by atoms with van der Waals surface area (Å²) >= 11 is 0. The van der Waals surface area contributed by atoms with E-state index in [-0.39, 0.29) is 0 Å². The normalized spacial score (nSPS) is 12.3. The third kappa shape index (κ3) is 6.79. The molecule has 2 heteroatoms. The first-order valence-electron chi connectivity index (χ1n) is 19.9. The highest BCUT2D eigenvalue weighted by Crippen LogP contribution is 2.39. The van der Waals surface area contributed by atoms with Gasteiger partial charge in [-0.15, -0.1) is 0 Å². The van der Waals surface area contributed by atoms with Crippen LogP contribution in [-0.4, -0.2) is 0 Å². The summed E-state index contributed by atoms with van der Waals surface area (Å²) in [5.41, 5.74) is 17.6. The first kappa shape index (κ1) is 34.8. The summed E-state index contributed by atoms with van der Waals surface area (Å²) < 4.78 is 0. The Morgan fingerprint density at radius 2 is 0.724 bits per heavy atom. The zero-order chi connectivity index (χ0) is 38.7. The van der Waals surface area contributed by atoms with Gasteiger partial charge in [-0.2, -0.15) is 0 Å². The van der Waals surface area contributed by atoms with Gasteiger partial charge in [0.2, 0.25) is 0 Å². The van der Waals surface area contributed by atoms with Crippen LogP contribution in [0.5, 0.6) is 0 Å². The number of allylic oxidation sites excluding steroid dienone is 2. The fourth-order valence-electron chi connectivity index (χ4n) is 8.24. The Hall–Kier alpha value is -7.64. The molecule has 0 saturated carbocycles. The Balaban J connectivity index is 0.935. The van der Waals surface area contributed by atoms with Gasteiger partial charge in [-0.05, 0) is 122 Å². The van der Waals surface area contributed by atoms with Crippen molar-refractivity contribution in [2.24, 2.45) is 0 Å². The van der Waals surface area contributed by atoms with Gasteiger partial charge in [0.15, 0.2) is 0 Å². The number of nitrogens with zero attached hydrogens (tertiary/aromatic N) is 2. The molecule has 0 aliphatic heterocycles. The van der Waals surface area contributed by atoms with Crippen LogP contribution in [0.1, 0.15) is 12.0 Å². The molecule has 10 rings (SSSR count). The monoisotopic (exact) mass is 740 g/mol. The highest BCUT2D eigenvalue weighted by Gasteiger charge is 2.18. The zero-order valence-electron chi connectivity index (χ0n) is 32.0. The molecule has 0 amide bonds. The number of hydrogen-bond acceptors (Lipinski definition) is 2. The molecule has 0 atom stereocenters. The molecule has 1 aliphatic rings. The van der Waals surface area contributed by atoms with Gasteiger partial charge in [0, 0.05) is 34.9 Å². The average Bonchev–Trinajstić information content (AvgIpc) is 3.30. The second kappa shape index (κ2) is 15.5. The number of para-hydroxylation sites is 2. The van der Waals surface area contributed by atoms with Crippen molar-refractivity contribution in [3.8, 4) is 22.3 Å². The quantitative estimate of drug-likeness (QED) is 0.136. The molecular formula is C56H40N2. The van der Waals surface area contributed by atoms with E-state index in [1.54, 1.807) is 0 Å². The van der Waals surface area contributed by atoms with Crippen molar-refractivity contribution < 1.29 is 0 Å². The van der Waals surface area contributed by atoms with E-state index in [1.165, 1.54) is 54.9 Å². The van der Waals surface area contributed by atoms with E-state index in [2.05, 4.69) is 246 Å². The SMILES string of the molecule is C1=CC(c2ccc(N(c3ccccc3)c3ccc(-c4cccc5ccccc45)cc3)cc2)=CCC=1N(c1ccccc1)c1ccc(-c2cccc3ccccc23)cc1. The lowest BCUT2D eigenvalue weighted by atomic mass is 9.97. The Bertz CT molecular complexity index is 2960. The minimum atomic E-state index is 0.757. The summed E-state index contributed by atoms with van der Waals surface area (Å²) in [5.74, 6) is 0. The molecule has 58 heavy (non-hydrogen) atoms. The molecule has 0 aromatic heterocycles. The van der Waals surface area contributed by atoms with E-state index >= 15 is 0 Å². The predicted molar refractivity (Wildman–Crippen MR) is 246 cm³/mol. The first-order valence-corrected chi connectivity index (χ1v) is 19.9. The lowest BCUT2D eigenvalue weighted by molar-refractivity contribution is 1.08. The molecule has 0 unspecified atom stereocenters. The molecule has 0 saturated heterocycles. The van der Waals surface area contributed by atoms with Crippen molar-refractivity contribution in [1.29, 1.82) is 0 Å². The molecule has 9 aromatic carbocycles. The Kier molecular flexibility index (Phi) is 9.29. The van der Waals surface area contributed by atoms with Gasteiger partial charge in [0.1, 0.15) is 0 Å². The fourth-order valence-corrected chi connectivity index (χ4v) is 8.24. The lowest BCUT2D eigenvalue weighted by Crippen LogP contribution is -2.16. The van der Waals surface area contributed by atoms with Gasteiger partial charge >= 0.3 is 0 Å². The summed E-state index contributed by atoms with van der Waals surface area (Å²) in [6.07, 6.45) is 5.21. The smallest absolute Gasteiger partial charge is 0.0694 e. The molecular weight excluding hydrogens is 701 g/mol. The van der Waals surface area contributed by atoms with Gasteiger partial charge in [-0.1, -0.05) is 170 Å². The number of hydrogen-bond donors (Lipinski definition) is 0. The lowest BCUT2D eigenvalue weighted by Gasteiger charge is -2.28. The summed E-state index contributed by atoms with van der Waals surface area (Å²) in [6, 6.07) is 78.2. The van der Waals surface area contributed by atoms with Gasteiger partial charge < -0.3 is 9.80 Å². The predicted octanol–water partition coefficient (Wildman–Crippen LogP) is 15.5. The number of rotatable bonds is 9. The third-order valence-corrected chi connectivity index (χ3v) is 11.1. The highest BCUT2D eigenvalue weighted by atomic mass is 15.1. The van der Waals surface area contributed by atoms with E-state index in [4.69, 9.17) is 0 Å². The minimum absolute atomic E-state index is 0.757. The topological polar surface area (TPSA) is 6.48 Å². The molecule has 2 nitrogen and oxygen atoms in total. The van der Waals surface area contributed by atoms with Crippen LogP contribution in [0.3, 0.4) is 0 Å². The first-order chi connectivity index (χ1) is 28.8. The van der Waals surface area contributed by atoms with E-state index in [0.29, 0.717) is 0 Å². The Morgan fingerprint density at radius 1 is 0.328 bits per heavy atom. The third-order valence-electron chi connectivity index (χ3n) is 11.1. The van der Waals surface area contributed by atoms with Crippen LogP contribution in [0, 0.1) is 0 Å². The molecule has 9 aromatic rings. The second-order valence-corrected chi connectivity index (χ2v) is 14.6. The summed E-state index contributed by atoms with van der Waals surface area (Å²) in [4.78, 5) is 4.64. The molecule has 0 heterocycles. The minimum Gasteiger partial charge on any atom is -0.311 e. The zero-order valence-corrected chi connectivity index (χ0v) is 32.0. The van der Waals surface area contributed by atoms with Gasteiger partial charge in [-0.3, -0.25) is 0 Å². The van der Waals surface area contributed by atoms with Crippen molar-refractivity contribution in [1.82, 2.24) is 0 Å². The van der Waals surface area contributed by atoms with Crippen LogP contribution < -0.4 is 9.80 Å². The van der Waals surface area contributed by atoms with E-state index in [9.17, 15) is 0 Å². The average molecular weight is 741 g/mol. The maximum absolute atomic E-state index is 3.69. The van der Waals surface area contributed by atoms with Gasteiger partial charge in [0.25, 0.3) is 0 Å². The molecule has 274 valence electrons. The Morgan fingerprint density at radius 3 is 1.21 bits per heavy atom. The van der Waals surface area contributed by atoms with Gasteiger partial charge in [0.05, 0.1) is 5.70 Å². The van der Waals surface area contributed by atoms with Crippen LogP contribution >= 0.6 is 0 Å². The van der Waals surface area contributed by atoms with Crippen molar-refractivity contribution >= 4 is 55.6 Å². The maximum atomic E-state index is 3.69. The van der Waals surface area contributed by atoms with Crippen LogP contribution in [0.4, 0.5) is 28.4 Å². The summed E-state index contributed by atoms with van der Waals surface area (Å²) in [6.45, 7) is 0. The molecule has 1 aliphatic carbocycles. The maximum Gasteiger partial charge on any atom is 0.0694 e. The van der Waals surface area contributed by atoms with Crippen LogP contribution in [0.25, 0.3) is 49.4 Å². The highest BCUT2D eigenvalue weighted by molar-refractivity contribution is 5.98. The fraction of sp³-hybridized carbons (Fsp3) is 0.0179. The molecule has 0 fully saturated rings. The number of fused-ring (bicyclic) bond motifs is 2. The van der Waals surface area contributed by atoms with E-state index in [0.717, 1.165) is 40.6 Å². The van der Waals surface area contributed by atoms with Crippen LogP contribution in [-0.2, 0) is 0 Å². The largest absolute Gasteiger partial charge is 0.311 e. The Labute approximate surface area is 340 Å². The van der Waals surface area contributed by atoms with Crippen LogP contribution in [0.2, 0.25) is 0 Å². The van der Waals surface area contributed by atoms with Crippen LogP contribution in [0.15, 0.2) is 242 Å². The van der Waals surface area contributed by atoms with Crippen molar-refractivity contribution in [2.45, 2.75) is 6.42 Å². The molecule has 0 spiro atoms. The van der Waals surface area contributed by atoms with E-state index < -0.39 is 0 Å². The van der Waals surface area contributed by atoms with Crippen molar-refractivity contribution in [3.05, 3.63) is 248 Å². The van der Waals surface area contributed by atoms with Crippen molar-refractivity contribution in [2.75, 3.05) is 9.80 Å². The standard InChI is InChI=1S/C56H40N2/c1-3-17-47(18-4-1)57(51-37-29-45(30-38-51)55-23-11-15-43-13-7-9-21-53(43)55)49-33-25-41(26-34-49)42-27-35-50(36-28-42)58(48-19-5-2-6-20-48)52-39-31-46(32-40-52)56-24-12-16-44-14-8-10-22-54(44)56/h1-34,37-40H,35H2.